The van der Waals surface area contributed by atoms with E-state index in [1.165, 1.54) is 0 Å². The highest BCUT2D eigenvalue weighted by Gasteiger charge is 2.42. The average Bonchev–Trinajstić information content (AvgIpc) is 3.24. The maximum Gasteiger partial charge on any atom is 0.214 e. The van der Waals surface area contributed by atoms with Gasteiger partial charge in [-0.1, -0.05) is 42.5 Å². The number of methoxy groups -OCH3 is 2. The highest BCUT2D eigenvalue weighted by atomic mass is 16.5. The first-order valence-corrected chi connectivity index (χ1v) is 9.67. The zero-order valence-electron chi connectivity index (χ0n) is 16.4. The molecule has 5 rings (SSSR count). The quantitative estimate of drug-likeness (QED) is 0.637. The van der Waals surface area contributed by atoms with Crippen molar-refractivity contribution in [1.82, 2.24) is 5.01 Å². The second kappa shape index (κ2) is 7.17. The molecule has 2 aliphatic rings. The number of fused-ring (bicyclic) bond motifs is 3. The zero-order chi connectivity index (χ0) is 19.8. The molecule has 0 radical (unpaired) electrons. The predicted octanol–water partition coefficient (Wildman–Crippen LogP) is 4.95. The van der Waals surface area contributed by atoms with E-state index >= 15 is 0 Å². The van der Waals surface area contributed by atoms with Gasteiger partial charge in [0.25, 0.3) is 0 Å². The maximum atomic E-state index is 6.46. The molecule has 0 fully saturated rings. The molecular formula is C24H22N2O3. The van der Waals surface area contributed by atoms with Crippen molar-refractivity contribution < 1.29 is 14.2 Å². The van der Waals surface area contributed by atoms with Crippen LogP contribution >= 0.6 is 0 Å². The van der Waals surface area contributed by atoms with E-state index in [2.05, 4.69) is 23.2 Å². The van der Waals surface area contributed by atoms with Gasteiger partial charge in [-0.05, 0) is 35.9 Å². The average molecular weight is 386 g/mol. The Morgan fingerprint density at radius 3 is 2.41 bits per heavy atom. The summed E-state index contributed by atoms with van der Waals surface area (Å²) in [5.74, 6) is 2.35. The van der Waals surface area contributed by atoms with E-state index in [0.29, 0.717) is 0 Å². The van der Waals surface area contributed by atoms with Crippen LogP contribution in [0.5, 0.6) is 17.2 Å². The second-order valence-corrected chi connectivity index (χ2v) is 7.13. The number of hydrogen-bond acceptors (Lipinski definition) is 5. The van der Waals surface area contributed by atoms with Crippen LogP contribution in [0.2, 0.25) is 0 Å². The van der Waals surface area contributed by atoms with Crippen LogP contribution in [0.1, 0.15) is 35.4 Å². The molecule has 0 aromatic heterocycles. The number of nitrogens with zero attached hydrogens (tertiary/aromatic N) is 2. The van der Waals surface area contributed by atoms with E-state index in [9.17, 15) is 0 Å². The fourth-order valence-corrected chi connectivity index (χ4v) is 4.04. The minimum absolute atomic E-state index is 0.0937. The lowest BCUT2D eigenvalue weighted by molar-refractivity contribution is -0.0209. The standard InChI is InChI=1S/C24H22N2O3/c1-27-18-13-11-17(12-14-18)24-26-21(15-20(25-26)16-7-4-3-5-8-16)19-9-6-10-22(28-2)23(19)29-24/h3-14,21,24H,15H2,1-2H3/t21-,24+/m0/s1. The van der Waals surface area contributed by atoms with E-state index in [4.69, 9.17) is 19.3 Å². The Kier molecular flexibility index (Phi) is 4.35. The van der Waals surface area contributed by atoms with Gasteiger partial charge in [-0.2, -0.15) is 5.10 Å². The third-order valence-electron chi connectivity index (χ3n) is 5.51. The van der Waals surface area contributed by atoms with E-state index < -0.39 is 0 Å². The summed E-state index contributed by atoms with van der Waals surface area (Å²) in [4.78, 5) is 0. The van der Waals surface area contributed by atoms with Crippen LogP contribution in [0.15, 0.2) is 77.9 Å². The Balaban J connectivity index is 1.60. The lowest BCUT2D eigenvalue weighted by Gasteiger charge is -2.38. The molecule has 146 valence electrons. The van der Waals surface area contributed by atoms with Gasteiger partial charge < -0.3 is 14.2 Å². The fraction of sp³-hybridized carbons (Fsp3) is 0.208. The van der Waals surface area contributed by atoms with Crippen molar-refractivity contribution in [2.45, 2.75) is 18.7 Å². The van der Waals surface area contributed by atoms with Gasteiger partial charge in [-0.3, -0.25) is 0 Å². The number of hydrogen-bond donors (Lipinski definition) is 0. The molecule has 0 bridgehead atoms. The topological polar surface area (TPSA) is 43.3 Å². The monoisotopic (exact) mass is 386 g/mol. The van der Waals surface area contributed by atoms with Crippen molar-refractivity contribution in [1.29, 1.82) is 0 Å². The summed E-state index contributed by atoms with van der Waals surface area (Å²) in [6.07, 6.45) is 0.483. The Bertz CT molecular complexity index is 1050. The van der Waals surface area contributed by atoms with Crippen LogP contribution in [-0.4, -0.2) is 24.9 Å². The number of hydrazone groups is 1. The van der Waals surface area contributed by atoms with E-state index in [1.54, 1.807) is 14.2 Å². The number of rotatable bonds is 4. The van der Waals surface area contributed by atoms with Crippen molar-refractivity contribution in [2.75, 3.05) is 14.2 Å². The zero-order valence-corrected chi connectivity index (χ0v) is 16.4. The van der Waals surface area contributed by atoms with Crippen LogP contribution in [0.25, 0.3) is 0 Å². The van der Waals surface area contributed by atoms with Gasteiger partial charge in [0.05, 0.1) is 26.0 Å². The van der Waals surface area contributed by atoms with Crippen LogP contribution < -0.4 is 14.2 Å². The molecule has 3 aromatic carbocycles. The number of para-hydroxylation sites is 1. The molecule has 0 saturated heterocycles. The molecule has 5 heteroatoms. The number of ether oxygens (including phenoxy) is 3. The largest absolute Gasteiger partial charge is 0.497 e. The summed E-state index contributed by atoms with van der Waals surface area (Å²) in [6.45, 7) is 0. The van der Waals surface area contributed by atoms with Gasteiger partial charge in [0, 0.05) is 17.5 Å². The SMILES string of the molecule is COc1ccc([C@H]2Oc3c(OC)cccc3[C@@H]3CC(c4ccccc4)=NN23)cc1. The highest BCUT2D eigenvalue weighted by molar-refractivity contribution is 6.01. The minimum Gasteiger partial charge on any atom is -0.497 e. The molecule has 0 aliphatic carbocycles. The number of benzene rings is 3. The van der Waals surface area contributed by atoms with Crippen molar-refractivity contribution in [3.8, 4) is 17.2 Å². The Hall–Kier alpha value is -3.47. The van der Waals surface area contributed by atoms with Gasteiger partial charge in [0.1, 0.15) is 5.75 Å². The Labute approximate surface area is 170 Å². The Morgan fingerprint density at radius 2 is 1.69 bits per heavy atom. The van der Waals surface area contributed by atoms with E-state index in [1.807, 2.05) is 54.6 Å². The summed E-state index contributed by atoms with van der Waals surface area (Å²) < 4.78 is 17.4. The molecule has 2 atom stereocenters. The summed E-state index contributed by atoms with van der Waals surface area (Å²) in [7, 11) is 3.34. The first-order valence-electron chi connectivity index (χ1n) is 9.67. The molecule has 0 saturated carbocycles. The van der Waals surface area contributed by atoms with Gasteiger partial charge in [0.2, 0.25) is 6.23 Å². The molecular weight excluding hydrogens is 364 g/mol. The van der Waals surface area contributed by atoms with Crippen molar-refractivity contribution in [2.24, 2.45) is 5.10 Å². The summed E-state index contributed by atoms with van der Waals surface area (Å²) >= 11 is 0. The molecule has 0 amide bonds. The molecule has 0 spiro atoms. The third kappa shape index (κ3) is 2.99. The molecule has 0 N–H and O–H groups in total. The summed E-state index contributed by atoms with van der Waals surface area (Å²) in [5.41, 5.74) is 4.32. The lowest BCUT2D eigenvalue weighted by Crippen LogP contribution is -2.33. The molecule has 29 heavy (non-hydrogen) atoms. The van der Waals surface area contributed by atoms with Gasteiger partial charge in [-0.25, -0.2) is 5.01 Å². The molecule has 3 aromatic rings. The van der Waals surface area contributed by atoms with Gasteiger partial charge in [0.15, 0.2) is 11.5 Å². The highest BCUT2D eigenvalue weighted by Crippen LogP contribution is 2.50. The summed E-state index contributed by atoms with van der Waals surface area (Å²) in [6, 6.07) is 24.4. The summed E-state index contributed by atoms with van der Waals surface area (Å²) in [5, 5.41) is 7.06. The van der Waals surface area contributed by atoms with E-state index in [-0.39, 0.29) is 12.3 Å². The first kappa shape index (κ1) is 17.6. The predicted molar refractivity (Wildman–Crippen MR) is 112 cm³/mol. The molecule has 2 aliphatic heterocycles. The van der Waals surface area contributed by atoms with E-state index in [0.717, 1.165) is 46.1 Å². The molecule has 0 unspecified atom stereocenters. The molecule has 2 heterocycles. The first-order chi connectivity index (χ1) is 14.3. The van der Waals surface area contributed by atoms with Crippen molar-refractivity contribution in [3.63, 3.8) is 0 Å². The lowest BCUT2D eigenvalue weighted by atomic mass is 9.95. The second-order valence-electron chi connectivity index (χ2n) is 7.13. The fourth-order valence-electron chi connectivity index (χ4n) is 4.04. The van der Waals surface area contributed by atoms with Crippen LogP contribution in [0.4, 0.5) is 0 Å². The Morgan fingerprint density at radius 1 is 0.897 bits per heavy atom. The molecule has 5 nitrogen and oxygen atoms in total. The van der Waals surface area contributed by atoms with Crippen LogP contribution in [0.3, 0.4) is 0 Å². The van der Waals surface area contributed by atoms with Gasteiger partial charge in [-0.15, -0.1) is 0 Å². The third-order valence-corrected chi connectivity index (χ3v) is 5.51. The van der Waals surface area contributed by atoms with Crippen molar-refractivity contribution >= 4 is 5.71 Å². The van der Waals surface area contributed by atoms with Gasteiger partial charge >= 0.3 is 0 Å². The normalized spacial score (nSPS) is 19.7. The van der Waals surface area contributed by atoms with Crippen molar-refractivity contribution in [3.05, 3.63) is 89.5 Å². The smallest absolute Gasteiger partial charge is 0.214 e. The van der Waals surface area contributed by atoms with Crippen LogP contribution in [0, 0.1) is 0 Å². The minimum atomic E-state index is -0.337. The van der Waals surface area contributed by atoms with Crippen LogP contribution in [-0.2, 0) is 0 Å². The maximum absolute atomic E-state index is 6.46.